The summed E-state index contributed by atoms with van der Waals surface area (Å²) in [4.78, 5) is 59.8. The SMILES string of the molecule is C[C@H](O/N=C(\C(=O)N[C@@H]1C(=O)N2C(C(=O)[O-])=C(C[n+]3ccc(NC[C@@H]4CCCN4)cc3)CS[C@H]12)c1nc(N)sc1Cl)C(=O)O. The van der Waals surface area contributed by atoms with Gasteiger partial charge in [0.1, 0.15) is 21.4 Å². The normalized spacial score (nSPS) is 22.2. The summed E-state index contributed by atoms with van der Waals surface area (Å²) in [5.74, 6) is -4.18. The third kappa shape index (κ3) is 6.74. The number of fused-ring (bicyclic) bond motifs is 1. The molecular weight excluding hydrogens is 636 g/mol. The predicted molar refractivity (Wildman–Crippen MR) is 159 cm³/mol. The van der Waals surface area contributed by atoms with Gasteiger partial charge in [0.15, 0.2) is 29.8 Å². The van der Waals surface area contributed by atoms with Gasteiger partial charge in [-0.1, -0.05) is 28.1 Å². The van der Waals surface area contributed by atoms with E-state index >= 15 is 0 Å². The lowest BCUT2D eigenvalue weighted by atomic mass is 10.0. The molecule has 0 aliphatic carbocycles. The van der Waals surface area contributed by atoms with Gasteiger partial charge in [-0.15, -0.1) is 11.8 Å². The molecule has 6 N–H and O–H groups in total. The van der Waals surface area contributed by atoms with E-state index in [0.29, 0.717) is 11.6 Å². The van der Waals surface area contributed by atoms with Crippen molar-refractivity contribution in [3.8, 4) is 0 Å². The molecule has 0 saturated carbocycles. The van der Waals surface area contributed by atoms with Crippen LogP contribution in [0.3, 0.4) is 0 Å². The van der Waals surface area contributed by atoms with Crippen LogP contribution in [0.25, 0.3) is 0 Å². The fraction of sp³-hybridized carbons (Fsp3) is 0.423. The summed E-state index contributed by atoms with van der Waals surface area (Å²) in [7, 11) is 0. The number of carboxylic acids is 2. The smallest absolute Gasteiger partial charge is 0.347 e. The maximum absolute atomic E-state index is 13.2. The molecule has 0 unspecified atom stereocenters. The van der Waals surface area contributed by atoms with Gasteiger partial charge in [-0.05, 0) is 26.3 Å². The summed E-state index contributed by atoms with van der Waals surface area (Å²) in [6.07, 6.45) is 4.54. The highest BCUT2D eigenvalue weighted by Crippen LogP contribution is 2.40. The Bertz CT molecular complexity index is 1530. The summed E-state index contributed by atoms with van der Waals surface area (Å²) in [5.41, 5.74) is 6.21. The largest absolute Gasteiger partial charge is 0.543 e. The average Bonchev–Trinajstić information content (AvgIpc) is 3.63. The van der Waals surface area contributed by atoms with Gasteiger partial charge in [0.25, 0.3) is 11.8 Å². The highest BCUT2D eigenvalue weighted by atomic mass is 35.5. The van der Waals surface area contributed by atoms with Crippen molar-refractivity contribution < 1.29 is 38.8 Å². The molecule has 2 amide bonds. The number of nitrogen functional groups attached to an aromatic ring is 1. The molecule has 2 aromatic rings. The maximum Gasteiger partial charge on any atom is 0.347 e. The van der Waals surface area contributed by atoms with Gasteiger partial charge >= 0.3 is 5.97 Å². The molecule has 234 valence electrons. The number of amides is 2. The first-order valence-electron chi connectivity index (χ1n) is 13.6. The second-order valence-corrected chi connectivity index (χ2v) is 13.0. The number of nitrogens with zero attached hydrogens (tertiary/aromatic N) is 4. The van der Waals surface area contributed by atoms with E-state index in [4.69, 9.17) is 27.3 Å². The van der Waals surface area contributed by atoms with Crippen molar-refractivity contribution in [1.82, 2.24) is 20.5 Å². The Hall–Kier alpha value is -3.93. The Morgan fingerprint density at radius 2 is 2.14 bits per heavy atom. The van der Waals surface area contributed by atoms with Gasteiger partial charge in [-0.25, -0.2) is 14.3 Å². The first-order chi connectivity index (χ1) is 21.0. The van der Waals surface area contributed by atoms with Crippen molar-refractivity contribution in [3.63, 3.8) is 0 Å². The molecule has 0 aromatic carbocycles. The highest BCUT2D eigenvalue weighted by molar-refractivity contribution is 8.00. The number of oxime groups is 1. The molecule has 2 aromatic heterocycles. The number of thiazole rings is 1. The van der Waals surface area contributed by atoms with Crippen LogP contribution in [0.15, 0.2) is 41.0 Å². The number of hydrogen-bond acceptors (Lipinski definition) is 13. The number of aliphatic carboxylic acids is 2. The van der Waals surface area contributed by atoms with E-state index in [1.807, 2.05) is 29.1 Å². The van der Waals surface area contributed by atoms with Crippen LogP contribution in [-0.4, -0.2) is 86.9 Å². The van der Waals surface area contributed by atoms with Gasteiger partial charge in [0.2, 0.25) is 6.10 Å². The number of pyridine rings is 1. The third-order valence-electron chi connectivity index (χ3n) is 7.20. The second-order valence-electron chi connectivity index (χ2n) is 10.2. The van der Waals surface area contributed by atoms with Crippen LogP contribution < -0.4 is 31.4 Å². The van der Waals surface area contributed by atoms with E-state index in [1.54, 1.807) is 0 Å². The fourth-order valence-electron chi connectivity index (χ4n) is 4.91. The monoisotopic (exact) mass is 664 g/mol. The molecule has 3 aliphatic heterocycles. The number of rotatable bonds is 12. The van der Waals surface area contributed by atoms with Crippen LogP contribution >= 0.6 is 34.7 Å². The summed E-state index contributed by atoms with van der Waals surface area (Å²) < 4.78 is 1.81. The van der Waals surface area contributed by atoms with E-state index in [1.165, 1.54) is 18.7 Å². The van der Waals surface area contributed by atoms with E-state index in [2.05, 4.69) is 26.1 Å². The summed E-state index contributed by atoms with van der Waals surface area (Å²) >= 11 is 8.29. The maximum atomic E-state index is 13.2. The molecule has 5 rings (SSSR count). The molecule has 3 aliphatic rings. The minimum atomic E-state index is -1.51. The minimum absolute atomic E-state index is 0.00414. The fourth-order valence-corrected chi connectivity index (χ4v) is 7.17. The van der Waals surface area contributed by atoms with Crippen LogP contribution in [0.5, 0.6) is 0 Å². The lowest BCUT2D eigenvalue weighted by Crippen LogP contribution is -2.71. The standard InChI is InChI=1S/C26H29ClN8O7S2/c1-12(24(38)39)42-33-17(16-20(27)44-26(28)32-16)21(36)31-18-22(37)35-19(25(40)41)13(11-43-23(18)35)10-34-7-4-14(5-8-34)30-9-15-3-2-6-29-15/h4-5,7-8,12,15,18,23,29H,2-3,6,9-11H2,1H3,(H5,28,31,32,36,38,39,40,41)/b33-17-/t12-,15-,18+,23+/m0/s1. The topological polar surface area (TPSA) is 215 Å². The van der Waals surface area contributed by atoms with Crippen LogP contribution in [0, 0.1) is 0 Å². The van der Waals surface area contributed by atoms with Gasteiger partial charge in [0, 0.05) is 41.7 Å². The van der Waals surface area contributed by atoms with E-state index in [9.17, 15) is 24.3 Å². The zero-order valence-corrected chi connectivity index (χ0v) is 25.7. The molecular formula is C26H29ClN8O7S2. The quantitative estimate of drug-likeness (QED) is 0.0810. The Labute approximate surface area is 264 Å². The number of nitrogens with two attached hydrogens (primary N) is 1. The number of β-lactam (4-membered cyclic amide) rings is 1. The Balaban J connectivity index is 1.28. The Morgan fingerprint density at radius 1 is 1.39 bits per heavy atom. The van der Waals surface area contributed by atoms with Crippen molar-refractivity contribution in [2.45, 2.75) is 49.9 Å². The van der Waals surface area contributed by atoms with E-state index < -0.39 is 47.0 Å². The summed E-state index contributed by atoms with van der Waals surface area (Å²) in [6.45, 7) is 3.25. The third-order valence-corrected chi connectivity index (χ3v) is 9.62. The molecule has 5 heterocycles. The van der Waals surface area contributed by atoms with Crippen molar-refractivity contribution in [2.24, 2.45) is 5.16 Å². The van der Waals surface area contributed by atoms with Crippen LogP contribution in [-0.2, 0) is 30.6 Å². The molecule has 44 heavy (non-hydrogen) atoms. The van der Waals surface area contributed by atoms with Gasteiger partial charge < -0.3 is 41.5 Å². The van der Waals surface area contributed by atoms with E-state index in [-0.39, 0.29) is 33.2 Å². The Morgan fingerprint density at radius 3 is 2.75 bits per heavy atom. The summed E-state index contributed by atoms with van der Waals surface area (Å²) in [6, 6.07) is 3.11. The molecule has 2 saturated heterocycles. The first-order valence-corrected chi connectivity index (χ1v) is 15.8. The van der Waals surface area contributed by atoms with Crippen LogP contribution in [0.4, 0.5) is 10.8 Å². The first kappa shape index (κ1) is 31.5. The number of aromatic nitrogens is 2. The lowest BCUT2D eigenvalue weighted by molar-refractivity contribution is -0.689. The number of halogens is 1. The number of anilines is 2. The summed E-state index contributed by atoms with van der Waals surface area (Å²) in [5, 5.41) is 33.6. The zero-order chi connectivity index (χ0) is 31.5. The lowest BCUT2D eigenvalue weighted by Gasteiger charge is -2.50. The Kier molecular flexibility index (Phi) is 9.57. The van der Waals surface area contributed by atoms with Gasteiger partial charge in [0.05, 0.1) is 11.7 Å². The average molecular weight is 665 g/mol. The van der Waals surface area contributed by atoms with Crippen LogP contribution in [0.2, 0.25) is 4.34 Å². The number of hydrogen-bond donors (Lipinski definition) is 5. The molecule has 15 nitrogen and oxygen atoms in total. The number of nitrogens with one attached hydrogen (secondary N) is 3. The highest BCUT2D eigenvalue weighted by Gasteiger charge is 2.53. The predicted octanol–water partition coefficient (Wildman–Crippen LogP) is -0.872. The number of carbonyl (C=O) groups excluding carboxylic acids is 3. The van der Waals surface area contributed by atoms with E-state index in [0.717, 1.165) is 47.9 Å². The minimum Gasteiger partial charge on any atom is -0.543 e. The molecule has 2 fully saturated rings. The molecule has 0 bridgehead atoms. The van der Waals surface area contributed by atoms with Crippen molar-refractivity contribution in [3.05, 3.63) is 45.8 Å². The molecule has 4 atom stereocenters. The van der Waals surface area contributed by atoms with Gasteiger partial charge in [-0.2, -0.15) is 0 Å². The molecule has 0 spiro atoms. The molecule has 0 radical (unpaired) electrons. The van der Waals surface area contributed by atoms with Gasteiger partial charge in [-0.3, -0.25) is 14.5 Å². The van der Waals surface area contributed by atoms with Crippen molar-refractivity contribution in [2.75, 3.05) is 29.9 Å². The van der Waals surface area contributed by atoms with Crippen LogP contribution in [0.1, 0.15) is 25.5 Å². The number of carbonyl (C=O) groups is 4. The molecule has 18 heteroatoms. The van der Waals surface area contributed by atoms with Crippen molar-refractivity contribution >= 4 is 75.0 Å². The zero-order valence-electron chi connectivity index (χ0n) is 23.3. The number of thioether (sulfide) groups is 1. The second kappa shape index (κ2) is 13.4. The van der Waals surface area contributed by atoms with Crippen molar-refractivity contribution in [1.29, 1.82) is 0 Å². The number of carboxylic acid groups (broad SMARTS) is 2.